The van der Waals surface area contributed by atoms with Gasteiger partial charge in [0.1, 0.15) is 28.4 Å². The summed E-state index contributed by atoms with van der Waals surface area (Å²) in [5.74, 6) is -3.42. The number of aromatic nitrogens is 1. The quantitative estimate of drug-likeness (QED) is 0.812. The summed E-state index contributed by atoms with van der Waals surface area (Å²) in [6.07, 6.45) is 0.537. The van der Waals surface area contributed by atoms with E-state index in [0.717, 1.165) is 0 Å². The zero-order valence-electron chi connectivity index (χ0n) is 13.6. The Labute approximate surface area is 148 Å². The maximum absolute atomic E-state index is 14.1. The molecule has 1 aromatic rings. The van der Waals surface area contributed by atoms with Gasteiger partial charge in [-0.25, -0.2) is 22.3 Å². The van der Waals surface area contributed by atoms with Crippen LogP contribution in [0.4, 0.5) is 8.78 Å². The predicted molar refractivity (Wildman–Crippen MR) is 86.4 cm³/mol. The second kappa shape index (κ2) is 5.84. The molecule has 2 aliphatic rings. The van der Waals surface area contributed by atoms with Gasteiger partial charge in [-0.15, -0.1) is 0 Å². The van der Waals surface area contributed by atoms with Gasteiger partial charge in [0.2, 0.25) is 10.0 Å². The topological polar surface area (TPSA) is 126 Å². The molecule has 0 aliphatic heterocycles. The third-order valence-electron chi connectivity index (χ3n) is 4.65. The minimum Gasteiger partial charge on any atom is -0.456 e. The molecule has 1 unspecified atom stereocenters. The first-order chi connectivity index (χ1) is 12.0. The largest absolute Gasteiger partial charge is 0.456 e. The van der Waals surface area contributed by atoms with Crippen molar-refractivity contribution in [2.75, 3.05) is 0 Å². The Morgan fingerprint density at radius 2 is 2.15 bits per heavy atom. The first kappa shape index (κ1) is 18.4. The molecule has 7 nitrogen and oxygen atoms in total. The van der Waals surface area contributed by atoms with Crippen LogP contribution in [-0.2, 0) is 10.0 Å². The van der Waals surface area contributed by atoms with Crippen molar-refractivity contribution in [1.82, 2.24) is 4.98 Å². The van der Waals surface area contributed by atoms with Crippen molar-refractivity contribution in [3.8, 4) is 11.8 Å². The molecule has 0 saturated carbocycles. The molecule has 0 bridgehead atoms. The summed E-state index contributed by atoms with van der Waals surface area (Å²) < 4.78 is 56.0. The molecule has 0 spiro atoms. The number of halogens is 2. The Hall–Kier alpha value is -2.35. The zero-order chi connectivity index (χ0) is 19.3. The van der Waals surface area contributed by atoms with Crippen LogP contribution in [0.2, 0.25) is 0 Å². The molecule has 0 fully saturated rings. The number of hydrogen-bond acceptors (Lipinski definition) is 6. The van der Waals surface area contributed by atoms with E-state index in [-0.39, 0.29) is 34.6 Å². The molecule has 2 atom stereocenters. The number of rotatable bonds is 3. The molecule has 0 saturated heterocycles. The number of aliphatic hydroxyl groups is 1. The average Bonchev–Trinajstić information content (AvgIpc) is 2.80. The van der Waals surface area contributed by atoms with E-state index in [1.54, 1.807) is 0 Å². The van der Waals surface area contributed by atoms with Gasteiger partial charge in [-0.2, -0.15) is 5.26 Å². The van der Waals surface area contributed by atoms with E-state index >= 15 is 0 Å². The number of nitrogens with zero attached hydrogens (tertiary/aromatic N) is 2. The van der Waals surface area contributed by atoms with Crippen molar-refractivity contribution >= 4 is 10.0 Å². The Kier molecular flexibility index (Phi) is 4.14. The van der Waals surface area contributed by atoms with Gasteiger partial charge in [-0.3, -0.25) is 4.98 Å². The van der Waals surface area contributed by atoms with E-state index in [1.807, 2.05) is 6.07 Å². The summed E-state index contributed by atoms with van der Waals surface area (Å²) in [5, 5.41) is 24.2. The summed E-state index contributed by atoms with van der Waals surface area (Å²) in [5.41, 5.74) is -0.251. The highest BCUT2D eigenvalue weighted by Gasteiger charge is 2.58. The van der Waals surface area contributed by atoms with Crippen molar-refractivity contribution < 1.29 is 27.0 Å². The van der Waals surface area contributed by atoms with Gasteiger partial charge in [-0.1, -0.05) is 0 Å². The summed E-state index contributed by atoms with van der Waals surface area (Å²) in [6.45, 7) is 1.20. The van der Waals surface area contributed by atoms with Crippen LogP contribution >= 0.6 is 0 Å². The highest BCUT2D eigenvalue weighted by molar-refractivity contribution is 7.90. The SMILES string of the molecule is CC1(S(N)(=O)=O)CC=C(Oc2cncc(C#N)c2)C2=C1[C@H](O)C(F)(F)C2. The predicted octanol–water partition coefficient (Wildman–Crippen LogP) is 1.36. The fourth-order valence-electron chi connectivity index (χ4n) is 3.19. The Morgan fingerprint density at radius 3 is 2.77 bits per heavy atom. The molecule has 138 valence electrons. The highest BCUT2D eigenvalue weighted by Crippen LogP contribution is 2.51. The Morgan fingerprint density at radius 1 is 1.46 bits per heavy atom. The highest BCUT2D eigenvalue weighted by atomic mass is 32.2. The second-order valence-electron chi connectivity index (χ2n) is 6.40. The molecular formula is C16H15F2N3O4S. The fraction of sp³-hybridized carbons (Fsp3) is 0.375. The number of primary sulfonamides is 1. The van der Waals surface area contributed by atoms with Gasteiger partial charge in [0.25, 0.3) is 5.92 Å². The number of nitrogens with two attached hydrogens (primary N) is 1. The van der Waals surface area contributed by atoms with Crippen LogP contribution in [0.3, 0.4) is 0 Å². The van der Waals surface area contributed by atoms with Crippen LogP contribution in [0.1, 0.15) is 25.3 Å². The molecule has 3 rings (SSSR count). The van der Waals surface area contributed by atoms with Crippen molar-refractivity contribution in [3.63, 3.8) is 0 Å². The Bertz CT molecular complexity index is 981. The molecule has 1 heterocycles. The van der Waals surface area contributed by atoms with Crippen molar-refractivity contribution in [2.45, 2.75) is 36.5 Å². The number of ether oxygens (including phenoxy) is 1. The fourth-order valence-corrected chi connectivity index (χ4v) is 4.05. The number of alkyl halides is 2. The van der Waals surface area contributed by atoms with Crippen LogP contribution in [-0.4, -0.2) is 35.3 Å². The lowest BCUT2D eigenvalue weighted by atomic mass is 9.86. The molecular weight excluding hydrogens is 368 g/mol. The van der Waals surface area contributed by atoms with E-state index in [1.165, 1.54) is 31.5 Å². The van der Waals surface area contributed by atoms with Gasteiger partial charge in [0, 0.05) is 24.3 Å². The Balaban J connectivity index is 2.07. The average molecular weight is 383 g/mol. The van der Waals surface area contributed by atoms with E-state index in [4.69, 9.17) is 15.1 Å². The summed E-state index contributed by atoms with van der Waals surface area (Å²) in [6, 6.07) is 3.24. The first-order valence-corrected chi connectivity index (χ1v) is 9.09. The zero-order valence-corrected chi connectivity index (χ0v) is 14.4. The molecule has 3 N–H and O–H groups in total. The van der Waals surface area contributed by atoms with Crippen molar-refractivity contribution in [3.05, 3.63) is 47.0 Å². The smallest absolute Gasteiger partial charge is 0.281 e. The molecule has 1 aromatic heterocycles. The lowest BCUT2D eigenvalue weighted by molar-refractivity contribution is -0.0800. The molecule has 0 amide bonds. The minimum atomic E-state index is -4.28. The van der Waals surface area contributed by atoms with Crippen LogP contribution in [0.25, 0.3) is 0 Å². The minimum absolute atomic E-state index is 0.00533. The van der Waals surface area contributed by atoms with Crippen LogP contribution in [0.5, 0.6) is 5.75 Å². The van der Waals surface area contributed by atoms with Gasteiger partial charge < -0.3 is 9.84 Å². The second-order valence-corrected chi connectivity index (χ2v) is 8.40. The number of aliphatic hydroxyl groups excluding tert-OH is 1. The first-order valence-electron chi connectivity index (χ1n) is 7.55. The third-order valence-corrected chi connectivity index (χ3v) is 6.30. The van der Waals surface area contributed by atoms with Crippen molar-refractivity contribution in [1.29, 1.82) is 5.26 Å². The lowest BCUT2D eigenvalue weighted by Crippen LogP contribution is -2.48. The standard InChI is InChI=1S/C16H15F2N3O4S/c1-15(26(20,23)24)3-2-12(11-5-16(17,18)14(22)13(11)15)25-10-4-9(6-19)7-21-8-10/h2,4,7-8,14,22H,3,5H2,1H3,(H2,20,23,24)/t14-,15?/m0/s1. The third kappa shape index (κ3) is 2.78. The van der Waals surface area contributed by atoms with Crippen LogP contribution < -0.4 is 9.88 Å². The maximum Gasteiger partial charge on any atom is 0.281 e. The monoisotopic (exact) mass is 383 g/mol. The van der Waals surface area contributed by atoms with E-state index in [2.05, 4.69) is 4.98 Å². The molecule has 26 heavy (non-hydrogen) atoms. The summed E-state index contributed by atoms with van der Waals surface area (Å²) >= 11 is 0. The number of pyridine rings is 1. The van der Waals surface area contributed by atoms with Gasteiger partial charge in [0.15, 0.2) is 0 Å². The number of sulfonamides is 1. The lowest BCUT2D eigenvalue weighted by Gasteiger charge is -2.34. The van der Waals surface area contributed by atoms with Gasteiger partial charge >= 0.3 is 0 Å². The summed E-state index contributed by atoms with van der Waals surface area (Å²) in [7, 11) is -4.28. The summed E-state index contributed by atoms with van der Waals surface area (Å²) in [4.78, 5) is 3.81. The van der Waals surface area contributed by atoms with E-state index in [9.17, 15) is 22.3 Å². The van der Waals surface area contributed by atoms with E-state index < -0.39 is 33.2 Å². The van der Waals surface area contributed by atoms with Crippen molar-refractivity contribution in [2.24, 2.45) is 5.14 Å². The molecule has 0 radical (unpaired) electrons. The normalized spacial score (nSPS) is 27.5. The number of nitriles is 1. The van der Waals surface area contributed by atoms with Gasteiger partial charge in [0.05, 0.1) is 11.8 Å². The van der Waals surface area contributed by atoms with Gasteiger partial charge in [-0.05, 0) is 25.0 Å². The van der Waals surface area contributed by atoms with E-state index in [0.29, 0.717) is 0 Å². The molecule has 10 heteroatoms. The number of allylic oxidation sites excluding steroid dienone is 2. The van der Waals surface area contributed by atoms with Crippen LogP contribution in [0, 0.1) is 11.3 Å². The maximum atomic E-state index is 14.1. The molecule has 2 aliphatic carbocycles. The number of hydrogen-bond donors (Lipinski definition) is 2. The molecule has 0 aromatic carbocycles. The van der Waals surface area contributed by atoms with Crippen LogP contribution in [0.15, 0.2) is 41.4 Å².